The molecule has 2 aliphatic rings. The maximum Gasteiger partial charge on any atom is 0.243 e. The number of nitrogens with one attached hydrogen (secondary N) is 1. The van der Waals surface area contributed by atoms with Gasteiger partial charge in [0.15, 0.2) is 0 Å². The Morgan fingerprint density at radius 1 is 1.15 bits per heavy atom. The fraction of sp³-hybridized carbons (Fsp3) is 0.333. The van der Waals surface area contributed by atoms with E-state index in [1.54, 1.807) is 24.3 Å². The Labute approximate surface area is 192 Å². The van der Waals surface area contributed by atoms with E-state index in [1.165, 1.54) is 9.87 Å². The third-order valence-electron chi connectivity index (χ3n) is 6.08. The number of sulfonamides is 1. The van der Waals surface area contributed by atoms with Crippen molar-refractivity contribution in [2.24, 2.45) is 0 Å². The monoisotopic (exact) mass is 464 g/mol. The fourth-order valence-electron chi connectivity index (χ4n) is 4.24. The average Bonchev–Trinajstić information content (AvgIpc) is 3.52. The zero-order chi connectivity index (χ0) is 22.8. The second-order valence-electron chi connectivity index (χ2n) is 8.21. The van der Waals surface area contributed by atoms with Crippen LogP contribution in [-0.2, 0) is 27.7 Å². The number of nitriles is 1. The molecule has 1 N–H and O–H groups in total. The van der Waals surface area contributed by atoms with Gasteiger partial charge in [0.1, 0.15) is 6.07 Å². The molecule has 1 saturated heterocycles. The van der Waals surface area contributed by atoms with E-state index < -0.39 is 10.0 Å². The minimum absolute atomic E-state index is 0.0938. The summed E-state index contributed by atoms with van der Waals surface area (Å²) in [5, 5.41) is 12.5. The summed E-state index contributed by atoms with van der Waals surface area (Å²) in [5.74, 6) is 0.559. The van der Waals surface area contributed by atoms with Gasteiger partial charge in [0, 0.05) is 31.8 Å². The number of hydrogen-bond donors (Lipinski definition) is 1. The largest absolute Gasteiger partial charge is 0.419 e. The summed E-state index contributed by atoms with van der Waals surface area (Å²) >= 11 is 0. The third-order valence-corrected chi connectivity index (χ3v) is 7.94. The van der Waals surface area contributed by atoms with Gasteiger partial charge in [-0.1, -0.05) is 24.3 Å². The van der Waals surface area contributed by atoms with E-state index in [9.17, 15) is 13.7 Å². The van der Waals surface area contributed by atoms with Crippen LogP contribution in [0, 0.1) is 11.3 Å². The van der Waals surface area contributed by atoms with Gasteiger partial charge in [-0.15, -0.1) is 0 Å². The Kier molecular flexibility index (Phi) is 5.89. The number of anilines is 1. The Morgan fingerprint density at radius 2 is 1.94 bits per heavy atom. The minimum Gasteiger partial charge on any atom is -0.419 e. The van der Waals surface area contributed by atoms with Crippen LogP contribution >= 0.6 is 0 Å². The predicted octanol–water partition coefficient (Wildman–Crippen LogP) is 3.55. The number of benzene rings is 2. The molecule has 5 rings (SSSR count). The Hall–Kier alpha value is -3.19. The summed E-state index contributed by atoms with van der Waals surface area (Å²) in [6.07, 6.45) is 2.78. The lowest BCUT2D eigenvalue weighted by Gasteiger charge is -2.28. The van der Waals surface area contributed by atoms with Crippen LogP contribution in [0.1, 0.15) is 29.7 Å². The number of oxazole rings is 1. The number of ether oxygens (including phenoxy) is 1. The number of aromatic nitrogens is 1. The molecule has 170 valence electrons. The fourth-order valence-corrected chi connectivity index (χ4v) is 5.66. The molecule has 0 amide bonds. The molecule has 33 heavy (non-hydrogen) atoms. The van der Waals surface area contributed by atoms with Crippen molar-refractivity contribution in [1.29, 1.82) is 5.26 Å². The molecular formula is C24H24N4O4S. The lowest BCUT2D eigenvalue weighted by atomic mass is 10.0. The van der Waals surface area contributed by atoms with E-state index in [-0.39, 0.29) is 22.6 Å². The van der Waals surface area contributed by atoms with Crippen LogP contribution in [0.2, 0.25) is 0 Å². The predicted molar refractivity (Wildman–Crippen MR) is 122 cm³/mol. The lowest BCUT2D eigenvalue weighted by molar-refractivity contribution is 0.120. The maximum absolute atomic E-state index is 13.2. The van der Waals surface area contributed by atoms with E-state index in [4.69, 9.17) is 9.15 Å². The molecular weight excluding hydrogens is 440 g/mol. The van der Waals surface area contributed by atoms with Crippen LogP contribution in [-0.4, -0.2) is 43.5 Å². The smallest absolute Gasteiger partial charge is 0.243 e. The number of fused-ring (bicyclic) bond motifs is 1. The first-order valence-corrected chi connectivity index (χ1v) is 12.4. The molecule has 2 aromatic carbocycles. The summed E-state index contributed by atoms with van der Waals surface area (Å²) < 4.78 is 39.2. The summed E-state index contributed by atoms with van der Waals surface area (Å²) in [5.41, 5.74) is 2.99. The van der Waals surface area contributed by atoms with Crippen molar-refractivity contribution in [3.63, 3.8) is 0 Å². The van der Waals surface area contributed by atoms with Gasteiger partial charge in [-0.05, 0) is 54.7 Å². The zero-order valence-corrected chi connectivity index (χ0v) is 18.8. The van der Waals surface area contributed by atoms with Crippen molar-refractivity contribution in [3.05, 3.63) is 65.4 Å². The zero-order valence-electron chi connectivity index (χ0n) is 18.0. The minimum atomic E-state index is -3.63. The molecule has 0 radical (unpaired) electrons. The van der Waals surface area contributed by atoms with E-state index in [0.717, 1.165) is 25.0 Å². The molecule has 0 saturated carbocycles. The van der Waals surface area contributed by atoms with E-state index in [0.29, 0.717) is 37.5 Å². The average molecular weight is 465 g/mol. The van der Waals surface area contributed by atoms with Crippen molar-refractivity contribution in [3.8, 4) is 17.5 Å². The van der Waals surface area contributed by atoms with Crippen LogP contribution < -0.4 is 5.32 Å². The van der Waals surface area contributed by atoms with Crippen LogP contribution in [0.25, 0.3) is 11.5 Å². The Bertz CT molecular complexity index is 1290. The van der Waals surface area contributed by atoms with Crippen molar-refractivity contribution in [2.45, 2.75) is 36.8 Å². The molecule has 1 atom stereocenters. The second-order valence-corrected chi connectivity index (χ2v) is 10.1. The van der Waals surface area contributed by atoms with Gasteiger partial charge in [-0.25, -0.2) is 8.42 Å². The quantitative estimate of drug-likeness (QED) is 0.594. The van der Waals surface area contributed by atoms with Gasteiger partial charge >= 0.3 is 0 Å². The summed E-state index contributed by atoms with van der Waals surface area (Å²) in [7, 11) is -3.63. The molecule has 0 aliphatic carbocycles. The molecule has 2 aliphatic heterocycles. The molecule has 0 spiro atoms. The Balaban J connectivity index is 1.33. The SMILES string of the molecule is N#Cc1nc(-c2ccc(S(=O)(=O)N3CCc4ccccc4C3)cc2)oc1NC[C@H]1CCCO1. The molecule has 0 unspecified atom stereocenters. The van der Waals surface area contributed by atoms with Gasteiger partial charge < -0.3 is 14.5 Å². The molecule has 9 heteroatoms. The van der Waals surface area contributed by atoms with E-state index in [2.05, 4.69) is 10.3 Å². The van der Waals surface area contributed by atoms with Crippen molar-refractivity contribution >= 4 is 15.9 Å². The molecule has 8 nitrogen and oxygen atoms in total. The molecule has 3 heterocycles. The first-order valence-electron chi connectivity index (χ1n) is 11.0. The normalized spacial score (nSPS) is 18.6. The van der Waals surface area contributed by atoms with Gasteiger partial charge in [0.2, 0.25) is 27.5 Å². The van der Waals surface area contributed by atoms with Crippen LogP contribution in [0.4, 0.5) is 5.88 Å². The van der Waals surface area contributed by atoms with Crippen molar-refractivity contribution in [2.75, 3.05) is 25.0 Å². The topological polar surface area (TPSA) is 108 Å². The van der Waals surface area contributed by atoms with Gasteiger partial charge in [0.05, 0.1) is 11.0 Å². The first-order chi connectivity index (χ1) is 16.0. The van der Waals surface area contributed by atoms with Crippen molar-refractivity contribution in [1.82, 2.24) is 9.29 Å². The second kappa shape index (κ2) is 8.98. The summed E-state index contributed by atoms with van der Waals surface area (Å²) in [6.45, 7) is 2.11. The van der Waals surface area contributed by atoms with E-state index >= 15 is 0 Å². The standard InChI is InChI=1S/C24H24N4O4S/c25-14-22-24(26-15-20-6-3-13-31-20)32-23(27-22)18-7-9-21(10-8-18)33(29,30)28-12-11-17-4-1-2-5-19(17)16-28/h1-2,4-5,7-10,20,26H,3,6,11-13,15-16H2/t20-/m1/s1. The summed E-state index contributed by atoms with van der Waals surface area (Å²) in [6, 6.07) is 16.4. The highest BCUT2D eigenvalue weighted by atomic mass is 32.2. The highest BCUT2D eigenvalue weighted by Crippen LogP contribution is 2.29. The highest BCUT2D eigenvalue weighted by Gasteiger charge is 2.28. The number of hydrogen-bond acceptors (Lipinski definition) is 7. The van der Waals surface area contributed by atoms with Gasteiger partial charge in [-0.2, -0.15) is 14.6 Å². The number of nitrogens with zero attached hydrogens (tertiary/aromatic N) is 3. The van der Waals surface area contributed by atoms with Gasteiger partial charge in [-0.3, -0.25) is 0 Å². The lowest BCUT2D eigenvalue weighted by Crippen LogP contribution is -2.35. The Morgan fingerprint density at radius 3 is 2.67 bits per heavy atom. The van der Waals surface area contributed by atoms with E-state index in [1.807, 2.05) is 30.3 Å². The summed E-state index contributed by atoms with van der Waals surface area (Å²) in [4.78, 5) is 4.48. The number of rotatable bonds is 6. The van der Waals surface area contributed by atoms with Gasteiger partial charge in [0.25, 0.3) is 0 Å². The first kappa shape index (κ1) is 21.6. The molecule has 1 aromatic heterocycles. The third kappa shape index (κ3) is 4.37. The molecule has 0 bridgehead atoms. The van der Waals surface area contributed by atoms with Crippen LogP contribution in [0.5, 0.6) is 0 Å². The highest BCUT2D eigenvalue weighted by molar-refractivity contribution is 7.89. The van der Waals surface area contributed by atoms with Crippen LogP contribution in [0.15, 0.2) is 57.8 Å². The maximum atomic E-state index is 13.2. The van der Waals surface area contributed by atoms with Crippen LogP contribution in [0.3, 0.4) is 0 Å². The van der Waals surface area contributed by atoms with Crippen molar-refractivity contribution < 1.29 is 17.6 Å². The molecule has 1 fully saturated rings. The molecule has 3 aromatic rings.